The maximum Gasteiger partial charge on any atom is 0.102 e. The van der Waals surface area contributed by atoms with Gasteiger partial charge >= 0.3 is 0 Å². The second-order valence-electron chi connectivity index (χ2n) is 4.42. The lowest BCUT2D eigenvalue weighted by Gasteiger charge is -2.05. The lowest BCUT2D eigenvalue weighted by molar-refractivity contribution is 0.976. The molecule has 0 bridgehead atoms. The largest absolute Gasteiger partial charge is 0.343 e. The number of hydrogen-bond acceptors (Lipinski definition) is 1. The summed E-state index contributed by atoms with van der Waals surface area (Å²) < 4.78 is 2.05. The lowest BCUT2D eigenvalue weighted by Crippen LogP contribution is -1.92. The average Bonchev–Trinajstić information content (AvgIpc) is 2.73. The van der Waals surface area contributed by atoms with E-state index >= 15 is 0 Å². The van der Waals surface area contributed by atoms with Crippen LogP contribution in [0, 0.1) is 11.3 Å². The van der Waals surface area contributed by atoms with E-state index in [2.05, 4.69) is 10.6 Å². The van der Waals surface area contributed by atoms with Gasteiger partial charge in [-0.15, -0.1) is 0 Å². The fourth-order valence-corrected chi connectivity index (χ4v) is 2.58. The van der Waals surface area contributed by atoms with Crippen LogP contribution in [0.2, 0.25) is 5.02 Å². The zero-order valence-corrected chi connectivity index (χ0v) is 11.1. The quantitative estimate of drug-likeness (QED) is 0.643. The zero-order chi connectivity index (χ0) is 13.4. The topological polar surface area (TPSA) is 28.7 Å². The van der Waals surface area contributed by atoms with Gasteiger partial charge < -0.3 is 4.57 Å². The Balaban J connectivity index is 2.38. The molecule has 0 aliphatic heterocycles. The highest BCUT2D eigenvalue weighted by atomic mass is 35.5. The SMILES string of the molecule is Cn1c(-c2ccc(Cl)cc2)c(C#N)c2ccccc21. The second kappa shape index (κ2) is 4.46. The molecule has 1 aromatic heterocycles. The minimum absolute atomic E-state index is 0.695. The third-order valence-corrected chi connectivity index (χ3v) is 3.59. The Kier molecular flexibility index (Phi) is 2.77. The van der Waals surface area contributed by atoms with Crippen LogP contribution in [0.5, 0.6) is 0 Å². The molecule has 0 fully saturated rings. The monoisotopic (exact) mass is 266 g/mol. The van der Waals surface area contributed by atoms with E-state index in [1.165, 1.54) is 0 Å². The van der Waals surface area contributed by atoms with Crippen LogP contribution in [-0.4, -0.2) is 4.57 Å². The minimum Gasteiger partial charge on any atom is -0.343 e. The first kappa shape index (κ1) is 11.8. The summed E-state index contributed by atoms with van der Waals surface area (Å²) in [5.74, 6) is 0. The van der Waals surface area contributed by atoms with Gasteiger partial charge in [-0.1, -0.05) is 41.9 Å². The molecule has 0 saturated heterocycles. The van der Waals surface area contributed by atoms with Crippen molar-refractivity contribution in [3.63, 3.8) is 0 Å². The van der Waals surface area contributed by atoms with Crippen molar-refractivity contribution in [3.8, 4) is 17.3 Å². The number of nitrogens with zero attached hydrogens (tertiary/aromatic N) is 2. The first-order valence-electron chi connectivity index (χ1n) is 5.96. The molecule has 2 aromatic carbocycles. The smallest absolute Gasteiger partial charge is 0.102 e. The molecule has 1 heterocycles. The molecule has 19 heavy (non-hydrogen) atoms. The number of rotatable bonds is 1. The molecule has 0 radical (unpaired) electrons. The van der Waals surface area contributed by atoms with Gasteiger partial charge in [-0.05, 0) is 23.8 Å². The number of para-hydroxylation sites is 1. The highest BCUT2D eigenvalue weighted by Crippen LogP contribution is 2.32. The van der Waals surface area contributed by atoms with E-state index in [0.717, 1.165) is 22.2 Å². The molecule has 0 atom stereocenters. The summed E-state index contributed by atoms with van der Waals surface area (Å²) in [6.07, 6.45) is 0. The summed E-state index contributed by atoms with van der Waals surface area (Å²) in [6.45, 7) is 0. The Morgan fingerprint density at radius 1 is 1.05 bits per heavy atom. The van der Waals surface area contributed by atoms with Crippen LogP contribution in [0.25, 0.3) is 22.2 Å². The first-order chi connectivity index (χ1) is 9.22. The molecule has 92 valence electrons. The summed E-state index contributed by atoms with van der Waals surface area (Å²) in [6, 6.07) is 17.8. The van der Waals surface area contributed by atoms with Gasteiger partial charge in [0.15, 0.2) is 0 Å². The molecule has 0 aliphatic carbocycles. The first-order valence-corrected chi connectivity index (χ1v) is 6.33. The van der Waals surface area contributed by atoms with E-state index in [1.807, 2.05) is 55.6 Å². The maximum atomic E-state index is 9.46. The number of aromatic nitrogens is 1. The molecular weight excluding hydrogens is 256 g/mol. The molecule has 2 nitrogen and oxygen atoms in total. The fourth-order valence-electron chi connectivity index (χ4n) is 2.45. The van der Waals surface area contributed by atoms with Gasteiger partial charge in [0, 0.05) is 23.0 Å². The van der Waals surface area contributed by atoms with Crippen LogP contribution in [0.15, 0.2) is 48.5 Å². The molecule has 0 aliphatic rings. The number of hydrogen-bond donors (Lipinski definition) is 0. The van der Waals surface area contributed by atoms with Crippen molar-refractivity contribution in [2.45, 2.75) is 0 Å². The van der Waals surface area contributed by atoms with E-state index in [4.69, 9.17) is 11.6 Å². The van der Waals surface area contributed by atoms with Crippen molar-refractivity contribution in [1.29, 1.82) is 5.26 Å². The van der Waals surface area contributed by atoms with Crippen LogP contribution >= 0.6 is 11.6 Å². The standard InChI is InChI=1S/C16H11ClN2/c1-19-15-5-3-2-4-13(15)14(10-18)16(19)11-6-8-12(17)9-7-11/h2-9H,1H3. The fraction of sp³-hybridized carbons (Fsp3) is 0.0625. The van der Waals surface area contributed by atoms with Crippen molar-refractivity contribution < 1.29 is 0 Å². The summed E-state index contributed by atoms with van der Waals surface area (Å²) in [7, 11) is 1.98. The van der Waals surface area contributed by atoms with Gasteiger partial charge in [0.1, 0.15) is 6.07 Å². The van der Waals surface area contributed by atoms with Crippen LogP contribution < -0.4 is 0 Å². The third-order valence-electron chi connectivity index (χ3n) is 3.34. The van der Waals surface area contributed by atoms with Crippen LogP contribution in [-0.2, 0) is 7.05 Å². The van der Waals surface area contributed by atoms with Crippen LogP contribution in [0.4, 0.5) is 0 Å². The minimum atomic E-state index is 0.695. The summed E-state index contributed by atoms with van der Waals surface area (Å²) in [5, 5.41) is 11.1. The number of halogens is 1. The van der Waals surface area contributed by atoms with Crippen molar-refractivity contribution in [3.05, 3.63) is 59.1 Å². The summed E-state index contributed by atoms with van der Waals surface area (Å²) >= 11 is 5.92. The average molecular weight is 267 g/mol. The number of aryl methyl sites for hydroxylation is 1. The third kappa shape index (κ3) is 1.80. The molecule has 0 saturated carbocycles. The maximum absolute atomic E-state index is 9.46. The van der Waals surface area contributed by atoms with Gasteiger partial charge in [-0.25, -0.2) is 0 Å². The van der Waals surface area contributed by atoms with Crippen molar-refractivity contribution in [2.75, 3.05) is 0 Å². The zero-order valence-electron chi connectivity index (χ0n) is 10.4. The van der Waals surface area contributed by atoms with E-state index in [-0.39, 0.29) is 0 Å². The van der Waals surface area contributed by atoms with Gasteiger partial charge in [-0.2, -0.15) is 5.26 Å². The molecule has 0 amide bonds. The predicted octanol–water partition coefficient (Wildman–Crippen LogP) is 4.37. The van der Waals surface area contributed by atoms with Gasteiger partial charge in [0.05, 0.1) is 11.3 Å². The predicted molar refractivity (Wildman–Crippen MR) is 78.1 cm³/mol. The van der Waals surface area contributed by atoms with E-state index in [0.29, 0.717) is 10.6 Å². The van der Waals surface area contributed by atoms with Gasteiger partial charge in [-0.3, -0.25) is 0 Å². The molecule has 3 heteroatoms. The number of nitriles is 1. The van der Waals surface area contributed by atoms with Crippen LogP contribution in [0.3, 0.4) is 0 Å². The van der Waals surface area contributed by atoms with Crippen molar-refractivity contribution in [1.82, 2.24) is 4.57 Å². The normalized spacial score (nSPS) is 10.6. The Hall–Kier alpha value is -2.24. The number of benzene rings is 2. The molecule has 3 aromatic rings. The van der Waals surface area contributed by atoms with Crippen molar-refractivity contribution >= 4 is 22.5 Å². The molecule has 3 rings (SSSR count). The summed E-state index contributed by atoms with van der Waals surface area (Å²) in [4.78, 5) is 0. The van der Waals surface area contributed by atoms with E-state index in [9.17, 15) is 5.26 Å². The van der Waals surface area contributed by atoms with Gasteiger partial charge in [0.2, 0.25) is 0 Å². The Morgan fingerprint density at radius 3 is 2.42 bits per heavy atom. The highest BCUT2D eigenvalue weighted by Gasteiger charge is 2.15. The Labute approximate surface area is 116 Å². The van der Waals surface area contributed by atoms with E-state index in [1.54, 1.807) is 0 Å². The second-order valence-corrected chi connectivity index (χ2v) is 4.85. The summed E-state index contributed by atoms with van der Waals surface area (Å²) in [5.41, 5.74) is 3.70. The highest BCUT2D eigenvalue weighted by molar-refractivity contribution is 6.30. The lowest BCUT2D eigenvalue weighted by atomic mass is 10.1. The van der Waals surface area contributed by atoms with Crippen molar-refractivity contribution in [2.24, 2.45) is 7.05 Å². The van der Waals surface area contributed by atoms with E-state index < -0.39 is 0 Å². The molecule has 0 unspecified atom stereocenters. The van der Waals surface area contributed by atoms with Gasteiger partial charge in [0.25, 0.3) is 0 Å². The van der Waals surface area contributed by atoms with Crippen LogP contribution in [0.1, 0.15) is 5.56 Å². The molecule has 0 spiro atoms. The molecular formula is C16H11ClN2. The Morgan fingerprint density at radius 2 is 1.74 bits per heavy atom. The Bertz CT molecular complexity index is 792. The molecule has 0 N–H and O–H groups in total. The number of fused-ring (bicyclic) bond motifs is 1.